The molecule has 5 nitrogen and oxygen atoms in total. The van der Waals surface area contributed by atoms with Gasteiger partial charge in [-0.1, -0.05) is 36.0 Å². The van der Waals surface area contributed by atoms with Crippen molar-refractivity contribution in [3.05, 3.63) is 42.5 Å². The van der Waals surface area contributed by atoms with E-state index in [0.29, 0.717) is 11.1 Å². The quantitative estimate of drug-likeness (QED) is 0.644. The van der Waals surface area contributed by atoms with Crippen molar-refractivity contribution in [2.24, 2.45) is 0 Å². The molecule has 1 heterocycles. The number of aryl methyl sites for hydroxylation is 1. The predicted molar refractivity (Wildman–Crippen MR) is 79.6 cm³/mol. The smallest absolute Gasteiger partial charge is 0.233 e. The molecular weight excluding hydrogens is 258 g/mol. The number of thioether (sulfide) groups is 1. The van der Waals surface area contributed by atoms with Crippen LogP contribution in [-0.2, 0) is 0 Å². The van der Waals surface area contributed by atoms with E-state index in [9.17, 15) is 0 Å². The Bertz CT molecular complexity index is 585. The molecule has 0 atom stereocenters. The molecule has 6 heteroatoms. The highest BCUT2D eigenvalue weighted by Crippen LogP contribution is 2.20. The summed E-state index contributed by atoms with van der Waals surface area (Å²) in [6.45, 7) is 5.68. The zero-order valence-corrected chi connectivity index (χ0v) is 11.4. The van der Waals surface area contributed by atoms with Gasteiger partial charge >= 0.3 is 0 Å². The molecule has 3 N–H and O–H groups in total. The van der Waals surface area contributed by atoms with Gasteiger partial charge in [0.25, 0.3) is 0 Å². The maximum absolute atomic E-state index is 5.68. The highest BCUT2D eigenvalue weighted by Gasteiger charge is 2.06. The average Bonchev–Trinajstić information content (AvgIpc) is 2.38. The summed E-state index contributed by atoms with van der Waals surface area (Å²) in [5.41, 5.74) is 7.75. The predicted octanol–water partition coefficient (Wildman–Crippen LogP) is 2.78. The SMILES string of the molecule is C=CCSc1nc(N)nc(Nc2ccccc2C)n1. The molecule has 0 bridgehead atoms. The van der Waals surface area contributed by atoms with Crippen molar-refractivity contribution in [1.82, 2.24) is 15.0 Å². The zero-order chi connectivity index (χ0) is 13.7. The first kappa shape index (κ1) is 13.4. The number of hydrogen-bond donors (Lipinski definition) is 2. The number of anilines is 3. The van der Waals surface area contributed by atoms with Crippen LogP contribution < -0.4 is 11.1 Å². The fourth-order valence-corrected chi connectivity index (χ4v) is 2.04. The Morgan fingerprint density at radius 2 is 2.11 bits per heavy atom. The van der Waals surface area contributed by atoms with Crippen molar-refractivity contribution in [1.29, 1.82) is 0 Å². The highest BCUT2D eigenvalue weighted by atomic mass is 32.2. The van der Waals surface area contributed by atoms with Crippen LogP contribution >= 0.6 is 11.8 Å². The zero-order valence-electron chi connectivity index (χ0n) is 10.6. The first-order valence-corrected chi connectivity index (χ1v) is 6.75. The fourth-order valence-electron chi connectivity index (χ4n) is 1.46. The molecule has 0 fully saturated rings. The van der Waals surface area contributed by atoms with Crippen molar-refractivity contribution in [2.45, 2.75) is 12.1 Å². The average molecular weight is 273 g/mol. The van der Waals surface area contributed by atoms with E-state index in [2.05, 4.69) is 26.8 Å². The van der Waals surface area contributed by atoms with Gasteiger partial charge in [0.1, 0.15) is 0 Å². The maximum atomic E-state index is 5.68. The fraction of sp³-hybridized carbons (Fsp3) is 0.154. The summed E-state index contributed by atoms with van der Waals surface area (Å²) >= 11 is 1.46. The minimum atomic E-state index is 0.206. The van der Waals surface area contributed by atoms with Crippen molar-refractivity contribution >= 4 is 29.3 Å². The lowest BCUT2D eigenvalue weighted by atomic mass is 10.2. The number of nitrogens with one attached hydrogen (secondary N) is 1. The van der Waals surface area contributed by atoms with Crippen LogP contribution in [-0.4, -0.2) is 20.7 Å². The van der Waals surface area contributed by atoms with E-state index in [4.69, 9.17) is 5.73 Å². The van der Waals surface area contributed by atoms with Crippen LogP contribution in [0.15, 0.2) is 42.1 Å². The largest absolute Gasteiger partial charge is 0.368 e. The third-order valence-electron chi connectivity index (χ3n) is 2.35. The Morgan fingerprint density at radius 3 is 2.84 bits per heavy atom. The Labute approximate surface area is 116 Å². The molecule has 2 rings (SSSR count). The standard InChI is InChI=1S/C13H15N5S/c1-3-8-19-13-17-11(14)16-12(18-13)15-10-7-5-4-6-9(10)2/h3-7H,1,8H2,2H3,(H3,14,15,16,17,18). The summed E-state index contributed by atoms with van der Waals surface area (Å²) in [4.78, 5) is 12.5. The Morgan fingerprint density at radius 1 is 1.32 bits per heavy atom. The van der Waals surface area contributed by atoms with Crippen LogP contribution in [0.5, 0.6) is 0 Å². The lowest BCUT2D eigenvalue weighted by molar-refractivity contribution is 0.926. The van der Waals surface area contributed by atoms with Gasteiger partial charge in [-0.2, -0.15) is 15.0 Å². The second-order valence-corrected chi connectivity index (χ2v) is 4.83. The molecule has 0 aliphatic carbocycles. The summed E-state index contributed by atoms with van der Waals surface area (Å²) in [6, 6.07) is 7.91. The van der Waals surface area contributed by atoms with Crippen LogP contribution in [0.1, 0.15) is 5.56 Å². The summed E-state index contributed by atoms with van der Waals surface area (Å²) in [5.74, 6) is 1.39. The van der Waals surface area contributed by atoms with Gasteiger partial charge in [0, 0.05) is 11.4 Å². The molecule has 98 valence electrons. The monoisotopic (exact) mass is 273 g/mol. The van der Waals surface area contributed by atoms with Gasteiger partial charge in [0.05, 0.1) is 0 Å². The molecule has 0 saturated carbocycles. The first-order valence-electron chi connectivity index (χ1n) is 5.77. The number of aromatic nitrogens is 3. The third kappa shape index (κ3) is 3.69. The maximum Gasteiger partial charge on any atom is 0.233 e. The van der Waals surface area contributed by atoms with Gasteiger partial charge in [0.15, 0.2) is 5.16 Å². The molecule has 0 aliphatic rings. The Hall–Kier alpha value is -2.08. The van der Waals surface area contributed by atoms with Gasteiger partial charge in [0.2, 0.25) is 11.9 Å². The molecule has 0 aliphatic heterocycles. The molecule has 0 saturated heterocycles. The van der Waals surface area contributed by atoms with E-state index in [1.165, 1.54) is 11.8 Å². The normalized spacial score (nSPS) is 10.2. The second kappa shape index (κ2) is 6.19. The molecule has 0 spiro atoms. The van der Waals surface area contributed by atoms with E-state index in [-0.39, 0.29) is 5.95 Å². The minimum absolute atomic E-state index is 0.206. The van der Waals surface area contributed by atoms with E-state index in [0.717, 1.165) is 17.0 Å². The Balaban J connectivity index is 2.22. The van der Waals surface area contributed by atoms with E-state index in [1.807, 2.05) is 31.2 Å². The molecule has 1 aromatic carbocycles. The minimum Gasteiger partial charge on any atom is -0.368 e. The molecule has 0 unspecified atom stereocenters. The number of rotatable bonds is 5. The summed E-state index contributed by atoms with van der Waals surface area (Å²) in [6.07, 6.45) is 1.79. The van der Waals surface area contributed by atoms with E-state index in [1.54, 1.807) is 6.08 Å². The van der Waals surface area contributed by atoms with Crippen molar-refractivity contribution < 1.29 is 0 Å². The number of nitrogen functional groups attached to an aromatic ring is 1. The van der Waals surface area contributed by atoms with Gasteiger partial charge in [-0.25, -0.2) is 0 Å². The summed E-state index contributed by atoms with van der Waals surface area (Å²) in [7, 11) is 0. The third-order valence-corrected chi connectivity index (χ3v) is 3.20. The van der Waals surface area contributed by atoms with Gasteiger partial charge in [-0.3, -0.25) is 0 Å². The number of nitrogens with zero attached hydrogens (tertiary/aromatic N) is 3. The second-order valence-electron chi connectivity index (χ2n) is 3.84. The molecule has 0 radical (unpaired) electrons. The van der Waals surface area contributed by atoms with E-state index >= 15 is 0 Å². The summed E-state index contributed by atoms with van der Waals surface area (Å²) < 4.78 is 0. The molecular formula is C13H15N5S. The van der Waals surface area contributed by atoms with E-state index < -0.39 is 0 Å². The molecule has 19 heavy (non-hydrogen) atoms. The number of nitrogens with two attached hydrogens (primary N) is 1. The molecule has 1 aromatic heterocycles. The highest BCUT2D eigenvalue weighted by molar-refractivity contribution is 7.99. The van der Waals surface area contributed by atoms with Crippen molar-refractivity contribution in [3.8, 4) is 0 Å². The van der Waals surface area contributed by atoms with Crippen molar-refractivity contribution in [2.75, 3.05) is 16.8 Å². The van der Waals surface area contributed by atoms with Gasteiger partial charge in [-0.15, -0.1) is 6.58 Å². The molecule has 0 amide bonds. The summed E-state index contributed by atoms with van der Waals surface area (Å²) in [5, 5.41) is 3.74. The number of para-hydroxylation sites is 1. The van der Waals surface area contributed by atoms with Gasteiger partial charge < -0.3 is 11.1 Å². The topological polar surface area (TPSA) is 76.7 Å². The van der Waals surface area contributed by atoms with Crippen LogP contribution in [0.3, 0.4) is 0 Å². The van der Waals surface area contributed by atoms with Crippen LogP contribution in [0.25, 0.3) is 0 Å². The number of hydrogen-bond acceptors (Lipinski definition) is 6. The Kier molecular flexibility index (Phi) is 4.35. The number of benzene rings is 1. The lowest BCUT2D eigenvalue weighted by Crippen LogP contribution is -2.05. The molecule has 2 aromatic rings. The van der Waals surface area contributed by atoms with Crippen molar-refractivity contribution in [3.63, 3.8) is 0 Å². The van der Waals surface area contributed by atoms with Crippen LogP contribution in [0.4, 0.5) is 17.6 Å². The van der Waals surface area contributed by atoms with Crippen LogP contribution in [0, 0.1) is 6.92 Å². The first-order chi connectivity index (χ1) is 9.19. The van der Waals surface area contributed by atoms with Gasteiger partial charge in [-0.05, 0) is 18.6 Å². The van der Waals surface area contributed by atoms with Crippen LogP contribution in [0.2, 0.25) is 0 Å². The lowest BCUT2D eigenvalue weighted by Gasteiger charge is -2.08.